The summed E-state index contributed by atoms with van der Waals surface area (Å²) in [6.45, 7) is 2.35. The molecule has 3 rings (SSSR count). The number of carbonyl (C=O) groups excluding carboxylic acids is 1. The van der Waals surface area contributed by atoms with Gasteiger partial charge in [-0.2, -0.15) is 0 Å². The standard InChI is InChI=1S/C18H18ClN3OS/c1-12(18-21-15-5-3-4-6-16(15)24-18)22(2)11-17(23)20-14-9-7-13(19)8-10-14/h3-10,12H,11H2,1-2H3,(H,20,23)/t12-/m1/s1. The predicted octanol–water partition coefficient (Wildman–Crippen LogP) is 4.58. The van der Waals surface area contributed by atoms with Crippen LogP contribution in [0.25, 0.3) is 10.2 Å². The molecule has 4 nitrogen and oxygen atoms in total. The predicted molar refractivity (Wildman–Crippen MR) is 101 cm³/mol. The number of halogens is 1. The van der Waals surface area contributed by atoms with Gasteiger partial charge in [0.05, 0.1) is 22.8 Å². The van der Waals surface area contributed by atoms with Crippen molar-refractivity contribution in [3.63, 3.8) is 0 Å². The molecule has 1 amide bonds. The molecule has 1 N–H and O–H groups in total. The van der Waals surface area contributed by atoms with Gasteiger partial charge in [0.25, 0.3) is 0 Å². The van der Waals surface area contributed by atoms with Crippen molar-refractivity contribution in [2.75, 3.05) is 18.9 Å². The summed E-state index contributed by atoms with van der Waals surface area (Å²) in [5.41, 5.74) is 1.74. The molecule has 0 bridgehead atoms. The van der Waals surface area contributed by atoms with Crippen LogP contribution in [0.15, 0.2) is 48.5 Å². The number of amides is 1. The highest BCUT2D eigenvalue weighted by Gasteiger charge is 2.18. The number of likely N-dealkylation sites (N-methyl/N-ethyl adjacent to an activating group) is 1. The van der Waals surface area contributed by atoms with Gasteiger partial charge in [-0.1, -0.05) is 23.7 Å². The third-order valence-electron chi connectivity index (χ3n) is 3.85. The Morgan fingerprint density at radius 3 is 2.67 bits per heavy atom. The molecule has 1 atom stereocenters. The number of para-hydroxylation sites is 1. The molecule has 0 radical (unpaired) electrons. The molecule has 0 saturated heterocycles. The number of benzene rings is 2. The molecule has 1 aromatic heterocycles. The summed E-state index contributed by atoms with van der Waals surface area (Å²) in [6, 6.07) is 15.2. The van der Waals surface area contributed by atoms with E-state index in [9.17, 15) is 4.79 Å². The van der Waals surface area contributed by atoms with E-state index in [4.69, 9.17) is 11.6 Å². The van der Waals surface area contributed by atoms with Crippen LogP contribution in [0.1, 0.15) is 18.0 Å². The second kappa shape index (κ2) is 7.30. The molecule has 24 heavy (non-hydrogen) atoms. The molecule has 1 heterocycles. The van der Waals surface area contributed by atoms with Crippen molar-refractivity contribution in [3.8, 4) is 0 Å². The van der Waals surface area contributed by atoms with E-state index in [-0.39, 0.29) is 11.9 Å². The lowest BCUT2D eigenvalue weighted by Crippen LogP contribution is -2.32. The molecule has 6 heteroatoms. The number of carbonyl (C=O) groups is 1. The second-order valence-corrected chi connectivity index (χ2v) is 7.16. The molecule has 0 spiro atoms. The van der Waals surface area contributed by atoms with Crippen LogP contribution in [0.4, 0.5) is 5.69 Å². The highest BCUT2D eigenvalue weighted by Crippen LogP contribution is 2.28. The number of nitrogens with zero attached hydrogens (tertiary/aromatic N) is 2. The first-order valence-electron chi connectivity index (χ1n) is 7.64. The van der Waals surface area contributed by atoms with Crippen molar-refractivity contribution in [2.45, 2.75) is 13.0 Å². The zero-order chi connectivity index (χ0) is 17.1. The van der Waals surface area contributed by atoms with Crippen molar-refractivity contribution < 1.29 is 4.79 Å². The summed E-state index contributed by atoms with van der Waals surface area (Å²) < 4.78 is 1.17. The molecule has 0 fully saturated rings. The van der Waals surface area contributed by atoms with Gasteiger partial charge in [-0.05, 0) is 50.4 Å². The topological polar surface area (TPSA) is 45.2 Å². The van der Waals surface area contributed by atoms with Crippen LogP contribution < -0.4 is 5.32 Å². The lowest BCUT2D eigenvalue weighted by atomic mass is 10.3. The fraction of sp³-hybridized carbons (Fsp3) is 0.222. The number of anilines is 1. The Hall–Kier alpha value is -1.95. The quantitative estimate of drug-likeness (QED) is 0.725. The highest BCUT2D eigenvalue weighted by molar-refractivity contribution is 7.18. The number of hydrogen-bond acceptors (Lipinski definition) is 4. The second-order valence-electron chi connectivity index (χ2n) is 5.67. The Morgan fingerprint density at radius 1 is 1.25 bits per heavy atom. The molecule has 2 aromatic carbocycles. The smallest absolute Gasteiger partial charge is 0.238 e. The van der Waals surface area contributed by atoms with Gasteiger partial charge in [0, 0.05) is 10.7 Å². The van der Waals surface area contributed by atoms with E-state index in [0.717, 1.165) is 16.2 Å². The zero-order valence-electron chi connectivity index (χ0n) is 13.5. The lowest BCUT2D eigenvalue weighted by Gasteiger charge is -2.22. The SMILES string of the molecule is C[C@H](c1nc2ccccc2s1)N(C)CC(=O)Nc1ccc(Cl)cc1. The number of nitrogens with one attached hydrogen (secondary N) is 1. The summed E-state index contributed by atoms with van der Waals surface area (Å²) in [4.78, 5) is 18.9. The molecular weight excluding hydrogens is 342 g/mol. The summed E-state index contributed by atoms with van der Waals surface area (Å²) in [7, 11) is 1.93. The van der Waals surface area contributed by atoms with E-state index in [1.807, 2.05) is 30.1 Å². The molecule has 0 aliphatic carbocycles. The molecule has 0 unspecified atom stereocenters. The van der Waals surface area contributed by atoms with Crippen LogP contribution in [0, 0.1) is 0 Å². The summed E-state index contributed by atoms with van der Waals surface area (Å²) in [5, 5.41) is 4.54. The number of fused-ring (bicyclic) bond motifs is 1. The monoisotopic (exact) mass is 359 g/mol. The minimum atomic E-state index is -0.0622. The molecule has 124 valence electrons. The van der Waals surface area contributed by atoms with Crippen LogP contribution in [-0.2, 0) is 4.79 Å². The fourth-order valence-corrected chi connectivity index (χ4v) is 3.57. The third-order valence-corrected chi connectivity index (χ3v) is 5.31. The van der Waals surface area contributed by atoms with E-state index in [0.29, 0.717) is 11.6 Å². The maximum Gasteiger partial charge on any atom is 0.238 e. The van der Waals surface area contributed by atoms with E-state index >= 15 is 0 Å². The minimum absolute atomic E-state index is 0.0622. The van der Waals surface area contributed by atoms with Gasteiger partial charge < -0.3 is 5.32 Å². The van der Waals surface area contributed by atoms with E-state index in [1.165, 1.54) is 4.70 Å². The average Bonchev–Trinajstić information content (AvgIpc) is 3.00. The first kappa shape index (κ1) is 16.9. The molecule has 3 aromatic rings. The third kappa shape index (κ3) is 3.93. The van der Waals surface area contributed by atoms with Crippen LogP contribution >= 0.6 is 22.9 Å². The number of aromatic nitrogens is 1. The zero-order valence-corrected chi connectivity index (χ0v) is 15.1. The number of rotatable bonds is 5. The fourth-order valence-electron chi connectivity index (χ4n) is 2.35. The maximum atomic E-state index is 12.2. The van der Waals surface area contributed by atoms with Gasteiger partial charge in [0.2, 0.25) is 5.91 Å². The summed E-state index contributed by atoms with van der Waals surface area (Å²) in [5.74, 6) is -0.0622. The van der Waals surface area contributed by atoms with Gasteiger partial charge in [-0.15, -0.1) is 11.3 Å². The maximum absolute atomic E-state index is 12.2. The van der Waals surface area contributed by atoms with Crippen LogP contribution in [0.5, 0.6) is 0 Å². The van der Waals surface area contributed by atoms with Gasteiger partial charge >= 0.3 is 0 Å². The largest absolute Gasteiger partial charge is 0.325 e. The van der Waals surface area contributed by atoms with Crippen molar-refractivity contribution in [1.29, 1.82) is 0 Å². The van der Waals surface area contributed by atoms with Crippen molar-refractivity contribution in [1.82, 2.24) is 9.88 Å². The highest BCUT2D eigenvalue weighted by atomic mass is 35.5. The number of thiazole rings is 1. The van der Waals surface area contributed by atoms with Gasteiger partial charge in [-0.25, -0.2) is 4.98 Å². The summed E-state index contributed by atoms with van der Waals surface area (Å²) >= 11 is 7.52. The van der Waals surface area contributed by atoms with Crippen LogP contribution in [0.2, 0.25) is 5.02 Å². The van der Waals surface area contributed by atoms with Crippen molar-refractivity contribution in [3.05, 3.63) is 58.6 Å². The van der Waals surface area contributed by atoms with Crippen LogP contribution in [-0.4, -0.2) is 29.4 Å². The molecule has 0 aliphatic rings. The first-order valence-corrected chi connectivity index (χ1v) is 8.83. The Kier molecular flexibility index (Phi) is 5.14. The van der Waals surface area contributed by atoms with Gasteiger partial charge in [-0.3, -0.25) is 9.69 Å². The first-order chi connectivity index (χ1) is 11.5. The van der Waals surface area contributed by atoms with Crippen molar-refractivity contribution in [2.24, 2.45) is 0 Å². The Bertz CT molecular complexity index is 814. The molecule has 0 saturated carbocycles. The van der Waals surface area contributed by atoms with E-state index in [2.05, 4.69) is 23.3 Å². The Labute approximate surface area is 150 Å². The van der Waals surface area contributed by atoms with Crippen LogP contribution in [0.3, 0.4) is 0 Å². The van der Waals surface area contributed by atoms with E-state index in [1.54, 1.807) is 35.6 Å². The number of hydrogen-bond donors (Lipinski definition) is 1. The van der Waals surface area contributed by atoms with Crippen molar-refractivity contribution >= 4 is 44.7 Å². The normalized spacial score (nSPS) is 12.5. The lowest BCUT2D eigenvalue weighted by molar-refractivity contribution is -0.117. The molecule has 0 aliphatic heterocycles. The Balaban J connectivity index is 1.63. The summed E-state index contributed by atoms with van der Waals surface area (Å²) in [6.07, 6.45) is 0. The van der Waals surface area contributed by atoms with Gasteiger partial charge in [0.15, 0.2) is 0 Å². The minimum Gasteiger partial charge on any atom is -0.325 e. The van der Waals surface area contributed by atoms with Gasteiger partial charge in [0.1, 0.15) is 5.01 Å². The average molecular weight is 360 g/mol. The Morgan fingerprint density at radius 2 is 1.96 bits per heavy atom. The molecular formula is C18H18ClN3OS. The van der Waals surface area contributed by atoms with E-state index < -0.39 is 0 Å².